The number of carbonyl (C=O) groups is 2. The number of aromatic nitrogens is 2. The molecule has 4 bridgehead atoms. The number of nitrogens with zero attached hydrogens (tertiary/aromatic N) is 1. The van der Waals surface area contributed by atoms with Crippen LogP contribution in [0.25, 0.3) is 22.4 Å². The highest BCUT2D eigenvalue weighted by Crippen LogP contribution is 2.60. The number of nitrogens with one attached hydrogen (secondary N) is 3. The molecule has 4 aliphatic rings. The molecule has 4 aliphatic carbocycles. The van der Waals surface area contributed by atoms with Crippen LogP contribution in [0.4, 0.5) is 11.4 Å². The molecule has 7 heteroatoms. The van der Waals surface area contributed by atoms with E-state index in [-0.39, 0.29) is 17.2 Å². The lowest BCUT2D eigenvalue weighted by atomic mass is 9.49. The molecule has 0 unspecified atom stereocenters. The minimum atomic E-state index is -0.210. The van der Waals surface area contributed by atoms with Crippen LogP contribution >= 0.6 is 11.6 Å². The van der Waals surface area contributed by atoms with E-state index in [4.69, 9.17) is 16.6 Å². The molecular formula is C31H29ClN4O2. The average molecular weight is 525 g/mol. The molecule has 0 radical (unpaired) electrons. The average Bonchev–Trinajstić information content (AvgIpc) is 3.33. The van der Waals surface area contributed by atoms with Crippen molar-refractivity contribution >= 4 is 45.8 Å². The molecule has 6 nitrogen and oxygen atoms in total. The Bertz CT molecular complexity index is 1510. The van der Waals surface area contributed by atoms with E-state index in [1.807, 2.05) is 30.3 Å². The van der Waals surface area contributed by atoms with Crippen LogP contribution in [0, 0.1) is 23.2 Å². The van der Waals surface area contributed by atoms with E-state index in [0.29, 0.717) is 27.6 Å². The van der Waals surface area contributed by atoms with Gasteiger partial charge in [0.05, 0.1) is 16.4 Å². The summed E-state index contributed by atoms with van der Waals surface area (Å²) in [5.74, 6) is 2.94. The number of aromatic amines is 1. The number of H-pyrrole nitrogens is 1. The van der Waals surface area contributed by atoms with Gasteiger partial charge in [0.1, 0.15) is 5.82 Å². The SMILES string of the molecule is O=C(Nc1ccc(Cl)cc1)c1ccc2[nH]c(-c3ccc(NC(=O)C45CC6CC(CC(C6)C4)C5)cc3)nc2c1. The van der Waals surface area contributed by atoms with Crippen LogP contribution in [-0.2, 0) is 4.79 Å². The molecule has 0 saturated heterocycles. The fraction of sp³-hybridized carbons (Fsp3) is 0.323. The summed E-state index contributed by atoms with van der Waals surface area (Å²) in [5, 5.41) is 6.72. The molecule has 3 aromatic carbocycles. The predicted octanol–water partition coefficient (Wildman–Crippen LogP) is 7.29. The lowest BCUT2D eigenvalue weighted by Gasteiger charge is -2.55. The number of halogens is 1. The van der Waals surface area contributed by atoms with Gasteiger partial charge in [-0.1, -0.05) is 11.6 Å². The van der Waals surface area contributed by atoms with Crippen LogP contribution in [0.15, 0.2) is 66.7 Å². The molecule has 0 aliphatic heterocycles. The van der Waals surface area contributed by atoms with Crippen LogP contribution in [0.5, 0.6) is 0 Å². The van der Waals surface area contributed by atoms with E-state index < -0.39 is 0 Å². The van der Waals surface area contributed by atoms with Gasteiger partial charge in [-0.15, -0.1) is 0 Å². The Labute approximate surface area is 226 Å². The van der Waals surface area contributed by atoms with Crippen molar-refractivity contribution in [2.24, 2.45) is 23.2 Å². The molecule has 2 amide bonds. The van der Waals surface area contributed by atoms with E-state index in [9.17, 15) is 9.59 Å². The maximum atomic E-state index is 13.4. The molecule has 4 fully saturated rings. The fourth-order valence-electron chi connectivity index (χ4n) is 7.38. The minimum Gasteiger partial charge on any atom is -0.338 e. The van der Waals surface area contributed by atoms with E-state index >= 15 is 0 Å². The molecule has 4 saturated carbocycles. The molecule has 1 heterocycles. The van der Waals surface area contributed by atoms with Crippen molar-refractivity contribution in [3.8, 4) is 11.4 Å². The monoisotopic (exact) mass is 524 g/mol. The number of hydrogen-bond acceptors (Lipinski definition) is 3. The Morgan fingerprint density at radius 2 is 1.42 bits per heavy atom. The van der Waals surface area contributed by atoms with Gasteiger partial charge in [-0.25, -0.2) is 4.98 Å². The lowest BCUT2D eigenvalue weighted by molar-refractivity contribution is -0.140. The number of imidazole rings is 1. The Morgan fingerprint density at radius 1 is 0.816 bits per heavy atom. The fourth-order valence-corrected chi connectivity index (χ4v) is 7.51. The van der Waals surface area contributed by atoms with Gasteiger partial charge in [-0.2, -0.15) is 0 Å². The molecule has 1 aromatic heterocycles. The lowest BCUT2D eigenvalue weighted by Crippen LogP contribution is -2.51. The number of carbonyl (C=O) groups excluding carboxylic acids is 2. The first-order valence-electron chi connectivity index (χ1n) is 13.4. The smallest absolute Gasteiger partial charge is 0.255 e. The first-order chi connectivity index (χ1) is 18.4. The van der Waals surface area contributed by atoms with Gasteiger partial charge < -0.3 is 15.6 Å². The highest BCUT2D eigenvalue weighted by Gasteiger charge is 2.54. The van der Waals surface area contributed by atoms with Crippen molar-refractivity contribution < 1.29 is 9.59 Å². The van der Waals surface area contributed by atoms with Crippen molar-refractivity contribution in [2.45, 2.75) is 38.5 Å². The molecule has 4 aromatic rings. The Balaban J connectivity index is 1.05. The summed E-state index contributed by atoms with van der Waals surface area (Å²) in [4.78, 5) is 34.2. The first kappa shape index (κ1) is 23.5. The van der Waals surface area contributed by atoms with E-state index in [1.165, 1.54) is 19.3 Å². The molecule has 0 atom stereocenters. The number of hydrogen-bond donors (Lipinski definition) is 3. The quantitative estimate of drug-likeness (QED) is 0.256. The van der Waals surface area contributed by atoms with E-state index in [1.54, 1.807) is 36.4 Å². The third-order valence-corrected chi connectivity index (χ3v) is 9.04. The normalized spacial score (nSPS) is 25.4. The number of amides is 2. The highest BCUT2D eigenvalue weighted by molar-refractivity contribution is 6.30. The number of rotatable bonds is 5. The van der Waals surface area contributed by atoms with Gasteiger partial charge in [-0.05, 0) is 123 Å². The molecule has 38 heavy (non-hydrogen) atoms. The van der Waals surface area contributed by atoms with Crippen molar-refractivity contribution in [2.75, 3.05) is 10.6 Å². The van der Waals surface area contributed by atoms with Gasteiger partial charge in [-0.3, -0.25) is 9.59 Å². The number of benzene rings is 3. The van der Waals surface area contributed by atoms with Gasteiger partial charge in [0.15, 0.2) is 0 Å². The third kappa shape index (κ3) is 4.27. The van der Waals surface area contributed by atoms with Crippen LogP contribution in [0.3, 0.4) is 0 Å². The van der Waals surface area contributed by atoms with Gasteiger partial charge in [0.2, 0.25) is 5.91 Å². The molecule has 3 N–H and O–H groups in total. The van der Waals surface area contributed by atoms with Crippen molar-refractivity contribution in [1.29, 1.82) is 0 Å². The number of anilines is 2. The van der Waals surface area contributed by atoms with Crippen molar-refractivity contribution in [3.05, 3.63) is 77.3 Å². The van der Waals surface area contributed by atoms with Gasteiger partial charge >= 0.3 is 0 Å². The number of fused-ring (bicyclic) bond motifs is 1. The summed E-state index contributed by atoms with van der Waals surface area (Å²) >= 11 is 5.93. The maximum absolute atomic E-state index is 13.4. The van der Waals surface area contributed by atoms with Crippen molar-refractivity contribution in [3.63, 3.8) is 0 Å². The highest BCUT2D eigenvalue weighted by atomic mass is 35.5. The van der Waals surface area contributed by atoms with Crippen LogP contribution in [0.1, 0.15) is 48.9 Å². The molecular weight excluding hydrogens is 496 g/mol. The molecule has 192 valence electrons. The second-order valence-electron chi connectivity index (χ2n) is 11.5. The zero-order valence-electron chi connectivity index (χ0n) is 21.0. The Hall–Kier alpha value is -3.64. The van der Waals surface area contributed by atoms with E-state index in [0.717, 1.165) is 53.8 Å². The summed E-state index contributed by atoms with van der Waals surface area (Å²) in [6.07, 6.45) is 7.15. The second-order valence-corrected chi connectivity index (χ2v) is 11.9. The molecule has 8 rings (SSSR count). The summed E-state index contributed by atoms with van der Waals surface area (Å²) in [7, 11) is 0. The Morgan fingerprint density at radius 3 is 2.08 bits per heavy atom. The second kappa shape index (κ2) is 8.98. The Kier molecular flexibility index (Phi) is 5.55. The minimum absolute atomic E-state index is 0.163. The largest absolute Gasteiger partial charge is 0.338 e. The zero-order chi connectivity index (χ0) is 25.9. The maximum Gasteiger partial charge on any atom is 0.255 e. The summed E-state index contributed by atoms with van der Waals surface area (Å²) in [5.41, 5.74) is 4.34. The van der Waals surface area contributed by atoms with Crippen LogP contribution in [-0.4, -0.2) is 21.8 Å². The predicted molar refractivity (Wildman–Crippen MR) is 150 cm³/mol. The topological polar surface area (TPSA) is 86.9 Å². The van der Waals surface area contributed by atoms with Gasteiger partial charge in [0.25, 0.3) is 5.91 Å². The summed E-state index contributed by atoms with van der Waals surface area (Å²) in [6, 6.07) is 20.3. The van der Waals surface area contributed by atoms with Gasteiger partial charge in [0, 0.05) is 27.5 Å². The standard InChI is InChI=1S/C31H29ClN4O2/c32-23-4-8-24(9-5-23)33-29(37)22-3-10-26-27(14-22)36-28(35-26)21-1-6-25(7-2-21)34-30(38)31-15-18-11-19(16-31)13-20(12-18)17-31/h1-10,14,18-20H,11-13,15-17H2,(H,33,37)(H,34,38)(H,35,36). The third-order valence-electron chi connectivity index (χ3n) is 8.78. The zero-order valence-corrected chi connectivity index (χ0v) is 21.7. The summed E-state index contributed by atoms with van der Waals surface area (Å²) < 4.78 is 0. The summed E-state index contributed by atoms with van der Waals surface area (Å²) in [6.45, 7) is 0. The van der Waals surface area contributed by atoms with E-state index in [2.05, 4.69) is 15.6 Å². The molecule has 0 spiro atoms. The first-order valence-corrected chi connectivity index (χ1v) is 13.8. The van der Waals surface area contributed by atoms with Crippen LogP contribution < -0.4 is 10.6 Å². The van der Waals surface area contributed by atoms with Crippen molar-refractivity contribution in [1.82, 2.24) is 9.97 Å². The van der Waals surface area contributed by atoms with Crippen LogP contribution in [0.2, 0.25) is 5.02 Å².